The summed E-state index contributed by atoms with van der Waals surface area (Å²) in [5.41, 5.74) is -0.394. The van der Waals surface area contributed by atoms with Crippen LogP contribution in [0.15, 0.2) is 29.3 Å². The maximum Gasteiger partial charge on any atom is 0.323 e. The van der Waals surface area contributed by atoms with Crippen molar-refractivity contribution in [1.82, 2.24) is 9.55 Å². The minimum Gasteiger partial charge on any atom is -0.480 e. The Bertz CT molecular complexity index is 522. The summed E-state index contributed by atoms with van der Waals surface area (Å²) < 4.78 is 1.14. The van der Waals surface area contributed by atoms with Crippen molar-refractivity contribution in [3.05, 3.63) is 34.9 Å². The summed E-state index contributed by atoms with van der Waals surface area (Å²) >= 11 is 0. The number of aliphatic carboxylic acids is 1. The van der Waals surface area contributed by atoms with E-state index in [-0.39, 0.29) is 18.4 Å². The minimum absolute atomic E-state index is 0.191. The van der Waals surface area contributed by atoms with E-state index in [0.29, 0.717) is 0 Å². The molecule has 0 aromatic carbocycles. The van der Waals surface area contributed by atoms with Gasteiger partial charge in [0.15, 0.2) is 5.82 Å². The van der Waals surface area contributed by atoms with Crippen molar-refractivity contribution in [3.63, 3.8) is 0 Å². The number of hydrogen-bond donors (Lipinski definition) is 2. The molecule has 6 heteroatoms. The summed E-state index contributed by atoms with van der Waals surface area (Å²) in [5.74, 6) is -0.825. The molecule has 0 saturated carbocycles. The lowest BCUT2D eigenvalue weighted by molar-refractivity contribution is -0.137. The zero-order valence-corrected chi connectivity index (χ0v) is 9.87. The van der Waals surface area contributed by atoms with Gasteiger partial charge in [-0.15, -0.1) is 0 Å². The van der Waals surface area contributed by atoms with Crippen LogP contribution in [0.3, 0.4) is 0 Å². The van der Waals surface area contributed by atoms with Gasteiger partial charge >= 0.3 is 5.97 Å². The molecule has 1 unspecified atom stereocenters. The average Bonchev–Trinajstić information content (AvgIpc) is 2.35. The van der Waals surface area contributed by atoms with Gasteiger partial charge in [-0.25, -0.2) is 4.98 Å². The van der Waals surface area contributed by atoms with Gasteiger partial charge in [-0.3, -0.25) is 14.2 Å². The molecule has 0 saturated heterocycles. The van der Waals surface area contributed by atoms with Gasteiger partial charge in [0.05, 0.1) is 0 Å². The molecule has 0 amide bonds. The first-order chi connectivity index (χ1) is 8.66. The Kier molecular flexibility index (Phi) is 3.76. The van der Waals surface area contributed by atoms with Crippen molar-refractivity contribution in [3.8, 4) is 0 Å². The highest BCUT2D eigenvalue weighted by atomic mass is 16.4. The first-order valence-electron chi connectivity index (χ1n) is 5.85. The number of hydrogen-bond acceptors (Lipinski definition) is 4. The van der Waals surface area contributed by atoms with Gasteiger partial charge in [0.2, 0.25) is 0 Å². The Hall–Kier alpha value is -2.11. The second-order valence-electron chi connectivity index (χ2n) is 4.23. The Morgan fingerprint density at radius 1 is 1.56 bits per heavy atom. The van der Waals surface area contributed by atoms with Gasteiger partial charge in [0.1, 0.15) is 6.54 Å². The van der Waals surface area contributed by atoms with Crippen LogP contribution < -0.4 is 10.9 Å². The highest BCUT2D eigenvalue weighted by Gasteiger charge is 2.13. The summed E-state index contributed by atoms with van der Waals surface area (Å²) in [5, 5.41) is 11.8. The van der Waals surface area contributed by atoms with Crippen molar-refractivity contribution < 1.29 is 9.90 Å². The quantitative estimate of drug-likeness (QED) is 0.773. The largest absolute Gasteiger partial charge is 0.480 e. The number of carboxylic acid groups (broad SMARTS) is 1. The highest BCUT2D eigenvalue weighted by Crippen LogP contribution is 2.13. The van der Waals surface area contributed by atoms with Crippen LogP contribution in [0.25, 0.3) is 0 Å². The van der Waals surface area contributed by atoms with Crippen LogP contribution >= 0.6 is 0 Å². The second-order valence-corrected chi connectivity index (χ2v) is 4.23. The fourth-order valence-corrected chi connectivity index (χ4v) is 1.93. The zero-order valence-electron chi connectivity index (χ0n) is 9.87. The number of carbonyl (C=O) groups is 1. The van der Waals surface area contributed by atoms with Crippen LogP contribution in [0.4, 0.5) is 5.82 Å². The van der Waals surface area contributed by atoms with E-state index in [0.717, 1.165) is 23.8 Å². The van der Waals surface area contributed by atoms with E-state index in [1.165, 1.54) is 12.4 Å². The van der Waals surface area contributed by atoms with E-state index < -0.39 is 11.5 Å². The third-order valence-electron chi connectivity index (χ3n) is 2.83. The molecule has 1 aromatic rings. The summed E-state index contributed by atoms with van der Waals surface area (Å²) in [7, 11) is 0. The molecular weight excluding hydrogens is 234 g/mol. The normalized spacial score (nSPS) is 18.6. The van der Waals surface area contributed by atoms with Gasteiger partial charge < -0.3 is 10.4 Å². The van der Waals surface area contributed by atoms with Gasteiger partial charge in [0, 0.05) is 18.4 Å². The molecule has 1 aliphatic carbocycles. The molecule has 0 radical (unpaired) electrons. The molecule has 0 fully saturated rings. The standard InChI is InChI=1S/C12H15N3O3/c16-10(17)8-15-7-6-13-11(12(15)18)14-9-4-2-1-3-5-9/h1-2,6-7,9H,3-5,8H2,(H,13,14)(H,16,17). The van der Waals surface area contributed by atoms with Crippen LogP contribution in [-0.4, -0.2) is 26.7 Å². The first kappa shape index (κ1) is 12.3. The van der Waals surface area contributed by atoms with Crippen LogP contribution in [0.1, 0.15) is 19.3 Å². The van der Waals surface area contributed by atoms with E-state index in [9.17, 15) is 9.59 Å². The number of allylic oxidation sites excluding steroid dienone is 1. The van der Waals surface area contributed by atoms with Crippen LogP contribution in [0.2, 0.25) is 0 Å². The van der Waals surface area contributed by atoms with E-state index in [2.05, 4.69) is 22.5 Å². The Morgan fingerprint density at radius 3 is 3.06 bits per heavy atom. The fraction of sp³-hybridized carbons (Fsp3) is 0.417. The molecule has 0 bridgehead atoms. The summed E-state index contributed by atoms with van der Waals surface area (Å²) in [6.45, 7) is -0.347. The third-order valence-corrected chi connectivity index (χ3v) is 2.83. The maximum absolute atomic E-state index is 11.9. The average molecular weight is 249 g/mol. The molecule has 1 heterocycles. The number of aromatic nitrogens is 2. The van der Waals surface area contributed by atoms with E-state index in [1.54, 1.807) is 0 Å². The van der Waals surface area contributed by atoms with E-state index in [1.807, 2.05) is 0 Å². The highest BCUT2D eigenvalue weighted by molar-refractivity contribution is 5.66. The Morgan fingerprint density at radius 2 is 2.39 bits per heavy atom. The minimum atomic E-state index is -1.05. The van der Waals surface area contributed by atoms with Crippen LogP contribution in [0.5, 0.6) is 0 Å². The molecule has 0 spiro atoms. The predicted octanol–water partition coefficient (Wildman–Crippen LogP) is 0.849. The topological polar surface area (TPSA) is 84.2 Å². The summed E-state index contributed by atoms with van der Waals surface area (Å²) in [4.78, 5) is 26.5. The number of rotatable bonds is 4. The van der Waals surface area contributed by atoms with E-state index >= 15 is 0 Å². The Balaban J connectivity index is 2.15. The maximum atomic E-state index is 11.9. The molecule has 96 valence electrons. The lowest BCUT2D eigenvalue weighted by atomic mass is 10.0. The second kappa shape index (κ2) is 5.48. The molecule has 1 aliphatic rings. The summed E-state index contributed by atoms with van der Waals surface area (Å²) in [6, 6.07) is 0.191. The number of nitrogens with zero attached hydrogens (tertiary/aromatic N) is 2. The predicted molar refractivity (Wildman–Crippen MR) is 66.5 cm³/mol. The van der Waals surface area contributed by atoms with Crippen LogP contribution in [0, 0.1) is 0 Å². The van der Waals surface area contributed by atoms with Crippen molar-refractivity contribution >= 4 is 11.8 Å². The fourth-order valence-electron chi connectivity index (χ4n) is 1.93. The summed E-state index contributed by atoms with van der Waals surface area (Å²) in [6.07, 6.45) is 9.78. The van der Waals surface area contributed by atoms with Gasteiger partial charge in [-0.05, 0) is 19.3 Å². The molecule has 2 N–H and O–H groups in total. The van der Waals surface area contributed by atoms with Crippen LogP contribution in [-0.2, 0) is 11.3 Å². The monoisotopic (exact) mass is 249 g/mol. The number of carboxylic acids is 1. The third kappa shape index (κ3) is 2.97. The first-order valence-corrected chi connectivity index (χ1v) is 5.85. The van der Waals surface area contributed by atoms with Gasteiger partial charge in [0.25, 0.3) is 5.56 Å². The lowest BCUT2D eigenvalue weighted by Crippen LogP contribution is -2.31. The Labute approximate surface area is 104 Å². The molecule has 18 heavy (non-hydrogen) atoms. The smallest absolute Gasteiger partial charge is 0.323 e. The molecule has 6 nitrogen and oxygen atoms in total. The van der Waals surface area contributed by atoms with Crippen molar-refractivity contribution in [2.24, 2.45) is 0 Å². The SMILES string of the molecule is O=C(O)Cn1ccnc(NC2CC=CCC2)c1=O. The van der Waals surface area contributed by atoms with Crippen molar-refractivity contribution in [2.45, 2.75) is 31.8 Å². The molecule has 1 atom stereocenters. The molecule has 0 aliphatic heterocycles. The lowest BCUT2D eigenvalue weighted by Gasteiger charge is -2.19. The van der Waals surface area contributed by atoms with Gasteiger partial charge in [-0.2, -0.15) is 0 Å². The van der Waals surface area contributed by atoms with Crippen molar-refractivity contribution in [2.75, 3.05) is 5.32 Å². The van der Waals surface area contributed by atoms with Crippen molar-refractivity contribution in [1.29, 1.82) is 0 Å². The molecule has 2 rings (SSSR count). The number of nitrogens with one attached hydrogen (secondary N) is 1. The molecular formula is C12H15N3O3. The number of anilines is 1. The molecule has 1 aromatic heterocycles. The van der Waals surface area contributed by atoms with Gasteiger partial charge in [-0.1, -0.05) is 12.2 Å². The van der Waals surface area contributed by atoms with E-state index in [4.69, 9.17) is 5.11 Å². The zero-order chi connectivity index (χ0) is 13.0.